The Morgan fingerprint density at radius 1 is 1.50 bits per heavy atom. The number of nitrogens with two attached hydrogens (primary N) is 2. The van der Waals surface area contributed by atoms with Crippen LogP contribution in [0.25, 0.3) is 0 Å². The van der Waals surface area contributed by atoms with Crippen LogP contribution >= 0.6 is 0 Å². The van der Waals surface area contributed by atoms with E-state index in [2.05, 4.69) is 9.99 Å². The number of oxime groups is 1. The van der Waals surface area contributed by atoms with E-state index in [0.29, 0.717) is 6.54 Å². The average Bonchev–Trinajstić information content (AvgIpc) is 2.25. The minimum Gasteiger partial charge on any atom is -0.380 e. The second-order valence-electron chi connectivity index (χ2n) is 3.41. The molecule has 0 aromatic heterocycles. The topological polar surface area (TPSA) is 90.7 Å². The lowest BCUT2D eigenvalue weighted by molar-refractivity contribution is -0.140. The average molecular weight is 221 g/mol. The van der Waals surface area contributed by atoms with E-state index in [0.717, 1.165) is 16.7 Å². The van der Waals surface area contributed by atoms with Gasteiger partial charge in [0, 0.05) is 19.0 Å². The predicted molar refractivity (Wildman–Crippen MR) is 61.6 cm³/mol. The van der Waals surface area contributed by atoms with Crippen LogP contribution in [-0.4, -0.2) is 11.8 Å². The van der Waals surface area contributed by atoms with Crippen LogP contribution in [0, 0.1) is 6.92 Å². The van der Waals surface area contributed by atoms with E-state index in [1.807, 2.05) is 19.1 Å². The van der Waals surface area contributed by atoms with Crippen molar-refractivity contribution in [1.82, 2.24) is 0 Å². The van der Waals surface area contributed by atoms with Crippen molar-refractivity contribution < 1.29 is 9.63 Å². The van der Waals surface area contributed by atoms with Gasteiger partial charge in [0.1, 0.15) is 0 Å². The van der Waals surface area contributed by atoms with Gasteiger partial charge in [-0.25, -0.2) is 4.79 Å². The molecule has 5 nitrogen and oxygen atoms in total. The maximum absolute atomic E-state index is 10.6. The molecule has 0 bridgehead atoms. The van der Waals surface area contributed by atoms with Crippen LogP contribution in [-0.2, 0) is 16.2 Å². The molecule has 0 aliphatic carbocycles. The quantitative estimate of drug-likeness (QED) is 0.339. The Labute approximate surface area is 94.1 Å². The molecule has 0 fully saturated rings. The van der Waals surface area contributed by atoms with E-state index >= 15 is 0 Å². The predicted octanol–water partition coefficient (Wildman–Crippen LogP) is 0.637. The Hall–Kier alpha value is -1.88. The molecule has 1 aromatic rings. The highest BCUT2D eigenvalue weighted by Crippen LogP contribution is 2.10. The van der Waals surface area contributed by atoms with Gasteiger partial charge in [0.05, 0.1) is 0 Å². The van der Waals surface area contributed by atoms with E-state index in [9.17, 15) is 4.79 Å². The number of amidine groups is 1. The number of hydrogen-bond donors (Lipinski definition) is 2. The van der Waals surface area contributed by atoms with Crippen molar-refractivity contribution in [2.24, 2.45) is 16.6 Å². The maximum Gasteiger partial charge on any atom is 0.332 e. The van der Waals surface area contributed by atoms with Crippen molar-refractivity contribution in [3.63, 3.8) is 0 Å². The summed E-state index contributed by atoms with van der Waals surface area (Å²) in [4.78, 5) is 15.0. The molecule has 0 unspecified atom stereocenters. The SMILES string of the molecule is CC(=O)O/N=C(\N)c1ccc(CN)cc1C. The van der Waals surface area contributed by atoms with Gasteiger partial charge in [0.2, 0.25) is 0 Å². The lowest BCUT2D eigenvalue weighted by Crippen LogP contribution is -2.16. The van der Waals surface area contributed by atoms with Gasteiger partial charge in [-0.05, 0) is 18.1 Å². The van der Waals surface area contributed by atoms with E-state index in [1.54, 1.807) is 6.07 Å². The third-order valence-electron chi connectivity index (χ3n) is 2.08. The molecule has 0 heterocycles. The number of carbonyl (C=O) groups is 1. The highest BCUT2D eigenvalue weighted by atomic mass is 16.7. The summed E-state index contributed by atoms with van der Waals surface area (Å²) >= 11 is 0. The zero-order valence-electron chi connectivity index (χ0n) is 9.36. The van der Waals surface area contributed by atoms with E-state index < -0.39 is 5.97 Å². The third-order valence-corrected chi connectivity index (χ3v) is 2.08. The van der Waals surface area contributed by atoms with Crippen molar-refractivity contribution in [1.29, 1.82) is 0 Å². The zero-order chi connectivity index (χ0) is 12.1. The van der Waals surface area contributed by atoms with Crippen molar-refractivity contribution >= 4 is 11.8 Å². The van der Waals surface area contributed by atoms with Gasteiger partial charge >= 0.3 is 5.97 Å². The van der Waals surface area contributed by atoms with Gasteiger partial charge in [-0.15, -0.1) is 0 Å². The van der Waals surface area contributed by atoms with E-state index in [-0.39, 0.29) is 5.84 Å². The molecule has 5 heteroatoms. The van der Waals surface area contributed by atoms with Crippen LogP contribution in [0.4, 0.5) is 0 Å². The van der Waals surface area contributed by atoms with E-state index in [1.165, 1.54) is 6.92 Å². The van der Waals surface area contributed by atoms with Gasteiger partial charge in [0.15, 0.2) is 5.84 Å². The summed E-state index contributed by atoms with van der Waals surface area (Å²) in [6.45, 7) is 3.63. The number of carbonyl (C=O) groups excluding carboxylic acids is 1. The Morgan fingerprint density at radius 2 is 2.19 bits per heavy atom. The molecule has 0 spiro atoms. The van der Waals surface area contributed by atoms with E-state index in [4.69, 9.17) is 11.5 Å². The Kier molecular flexibility index (Phi) is 4.02. The summed E-state index contributed by atoms with van der Waals surface area (Å²) in [7, 11) is 0. The summed E-state index contributed by atoms with van der Waals surface area (Å²) in [6, 6.07) is 5.59. The molecular weight excluding hydrogens is 206 g/mol. The largest absolute Gasteiger partial charge is 0.380 e. The fourth-order valence-electron chi connectivity index (χ4n) is 1.30. The van der Waals surface area contributed by atoms with Gasteiger partial charge in [-0.2, -0.15) is 0 Å². The first-order valence-corrected chi connectivity index (χ1v) is 4.85. The highest BCUT2D eigenvalue weighted by molar-refractivity contribution is 5.98. The number of hydrogen-bond acceptors (Lipinski definition) is 4. The Morgan fingerprint density at radius 3 is 2.69 bits per heavy atom. The fraction of sp³-hybridized carbons (Fsp3) is 0.273. The molecular formula is C11H15N3O2. The standard InChI is InChI=1S/C11H15N3O2/c1-7-5-9(6-12)3-4-10(7)11(13)14-16-8(2)15/h3-5H,6,12H2,1-2H3,(H2,13,14). The van der Waals surface area contributed by atoms with Crippen molar-refractivity contribution in [3.8, 4) is 0 Å². The van der Waals surface area contributed by atoms with Crippen LogP contribution < -0.4 is 11.5 Å². The van der Waals surface area contributed by atoms with Crippen molar-refractivity contribution in [2.45, 2.75) is 20.4 Å². The monoisotopic (exact) mass is 221 g/mol. The minimum absolute atomic E-state index is 0.177. The molecule has 86 valence electrons. The van der Waals surface area contributed by atoms with Gasteiger partial charge in [-0.3, -0.25) is 0 Å². The maximum atomic E-state index is 10.6. The minimum atomic E-state index is -0.501. The van der Waals surface area contributed by atoms with Crippen LogP contribution in [0.3, 0.4) is 0 Å². The van der Waals surface area contributed by atoms with Gasteiger partial charge < -0.3 is 16.3 Å². The second kappa shape index (κ2) is 5.27. The summed E-state index contributed by atoms with van der Waals surface area (Å²) in [6.07, 6.45) is 0. The lowest BCUT2D eigenvalue weighted by atomic mass is 10.0. The van der Waals surface area contributed by atoms with Crippen molar-refractivity contribution in [3.05, 3.63) is 34.9 Å². The molecule has 4 N–H and O–H groups in total. The molecule has 16 heavy (non-hydrogen) atoms. The van der Waals surface area contributed by atoms with Gasteiger partial charge in [-0.1, -0.05) is 23.4 Å². The van der Waals surface area contributed by atoms with Gasteiger partial charge in [0.25, 0.3) is 0 Å². The summed E-state index contributed by atoms with van der Waals surface area (Å²) < 4.78 is 0. The smallest absolute Gasteiger partial charge is 0.332 e. The molecule has 0 saturated carbocycles. The van der Waals surface area contributed by atoms with Crippen LogP contribution in [0.5, 0.6) is 0 Å². The summed E-state index contributed by atoms with van der Waals surface area (Å²) in [5.74, 6) is -0.324. The van der Waals surface area contributed by atoms with Crippen LogP contribution in [0.15, 0.2) is 23.4 Å². The van der Waals surface area contributed by atoms with Crippen LogP contribution in [0.1, 0.15) is 23.6 Å². The molecule has 1 aromatic carbocycles. The Balaban J connectivity index is 2.95. The highest BCUT2D eigenvalue weighted by Gasteiger charge is 2.04. The zero-order valence-corrected chi connectivity index (χ0v) is 9.36. The molecule has 0 atom stereocenters. The normalized spacial score (nSPS) is 11.3. The molecule has 0 aliphatic rings. The number of rotatable bonds is 3. The second-order valence-corrected chi connectivity index (χ2v) is 3.41. The molecule has 0 radical (unpaired) electrons. The third kappa shape index (κ3) is 3.06. The molecule has 0 saturated heterocycles. The first-order chi connectivity index (χ1) is 7.54. The summed E-state index contributed by atoms with van der Waals surface area (Å²) in [5.41, 5.74) is 13.9. The van der Waals surface area contributed by atoms with Crippen molar-refractivity contribution in [2.75, 3.05) is 0 Å². The fourth-order valence-corrected chi connectivity index (χ4v) is 1.30. The molecule has 0 amide bonds. The van der Waals surface area contributed by atoms with Crippen LogP contribution in [0.2, 0.25) is 0 Å². The first-order valence-electron chi connectivity index (χ1n) is 4.85. The lowest BCUT2D eigenvalue weighted by Gasteiger charge is -2.06. The number of nitrogens with zero attached hydrogens (tertiary/aromatic N) is 1. The first kappa shape index (κ1) is 12.2. The number of aryl methyl sites for hydroxylation is 1. The molecule has 0 aliphatic heterocycles. The molecule has 1 rings (SSSR count). The Bertz CT molecular complexity index is 427. The summed E-state index contributed by atoms with van der Waals surface area (Å²) in [5, 5.41) is 3.52. The number of benzene rings is 1.